The zero-order chi connectivity index (χ0) is 26.4. The first kappa shape index (κ1) is 23.5. The predicted molar refractivity (Wildman–Crippen MR) is 155 cm³/mol. The average Bonchev–Trinajstić information content (AvgIpc) is 3.31. The SMILES string of the molecule is CC1(C)CNCC[C@H]1Nc1nc(-c2ccnc(Nc3cc4ccccn4n3)c2)nc2cncc(C3=CC=C3)c12. The van der Waals surface area contributed by atoms with E-state index in [0.29, 0.717) is 11.6 Å². The highest BCUT2D eigenvalue weighted by atomic mass is 15.3. The Morgan fingerprint density at radius 3 is 2.82 bits per heavy atom. The molecule has 7 rings (SSSR count). The van der Waals surface area contributed by atoms with Crippen molar-refractivity contribution in [2.24, 2.45) is 5.41 Å². The number of anilines is 3. The van der Waals surface area contributed by atoms with Gasteiger partial charge in [-0.1, -0.05) is 38.1 Å². The van der Waals surface area contributed by atoms with Gasteiger partial charge >= 0.3 is 0 Å². The smallest absolute Gasteiger partial charge is 0.162 e. The van der Waals surface area contributed by atoms with Crippen LogP contribution in [0.25, 0.3) is 33.4 Å². The van der Waals surface area contributed by atoms with E-state index in [1.165, 1.54) is 0 Å². The van der Waals surface area contributed by atoms with Crippen molar-refractivity contribution in [2.45, 2.75) is 26.3 Å². The molecule has 0 amide bonds. The van der Waals surface area contributed by atoms with Gasteiger partial charge in [0.2, 0.25) is 0 Å². The van der Waals surface area contributed by atoms with Crippen molar-refractivity contribution in [2.75, 3.05) is 23.7 Å². The zero-order valence-electron chi connectivity index (χ0n) is 21.9. The van der Waals surface area contributed by atoms with Gasteiger partial charge in [0.15, 0.2) is 11.6 Å². The fraction of sp³-hybridized carbons (Fsp3) is 0.233. The van der Waals surface area contributed by atoms with Crippen LogP contribution in [0.4, 0.5) is 17.5 Å². The first-order valence-corrected chi connectivity index (χ1v) is 13.2. The summed E-state index contributed by atoms with van der Waals surface area (Å²) in [7, 11) is 0. The van der Waals surface area contributed by atoms with Crippen molar-refractivity contribution >= 4 is 39.4 Å². The van der Waals surface area contributed by atoms with Gasteiger partial charge in [-0.15, -0.1) is 0 Å². The molecule has 0 saturated carbocycles. The number of piperidine rings is 1. The number of hydrogen-bond donors (Lipinski definition) is 3. The van der Waals surface area contributed by atoms with E-state index >= 15 is 0 Å². The lowest BCUT2D eigenvalue weighted by Gasteiger charge is -2.40. The number of pyridine rings is 3. The molecule has 39 heavy (non-hydrogen) atoms. The average molecular weight is 516 g/mol. The van der Waals surface area contributed by atoms with Gasteiger partial charge in [0.05, 0.1) is 22.6 Å². The molecule has 0 bridgehead atoms. The summed E-state index contributed by atoms with van der Waals surface area (Å²) in [5, 5.41) is 16.3. The summed E-state index contributed by atoms with van der Waals surface area (Å²) >= 11 is 0. The summed E-state index contributed by atoms with van der Waals surface area (Å²) in [6, 6.07) is 12.1. The summed E-state index contributed by atoms with van der Waals surface area (Å²) in [5.41, 5.74) is 4.92. The van der Waals surface area contributed by atoms with E-state index in [0.717, 1.165) is 64.3 Å². The number of nitrogens with one attached hydrogen (secondary N) is 3. The Labute approximate surface area is 226 Å². The molecule has 9 nitrogen and oxygen atoms in total. The Morgan fingerprint density at radius 1 is 1.08 bits per heavy atom. The first-order valence-electron chi connectivity index (χ1n) is 13.2. The van der Waals surface area contributed by atoms with Crippen molar-refractivity contribution in [3.05, 3.63) is 85.0 Å². The Morgan fingerprint density at radius 2 is 2.00 bits per heavy atom. The lowest BCUT2D eigenvalue weighted by molar-refractivity contribution is 0.236. The molecule has 0 radical (unpaired) electrons. The van der Waals surface area contributed by atoms with Crippen molar-refractivity contribution < 1.29 is 0 Å². The molecule has 1 aliphatic carbocycles. The summed E-state index contributed by atoms with van der Waals surface area (Å²) in [4.78, 5) is 19.1. The van der Waals surface area contributed by atoms with Crippen molar-refractivity contribution in [3.8, 4) is 11.4 Å². The lowest BCUT2D eigenvalue weighted by atomic mass is 9.80. The molecular formula is C30H29N9. The highest BCUT2D eigenvalue weighted by Crippen LogP contribution is 2.36. The predicted octanol–water partition coefficient (Wildman–Crippen LogP) is 5.23. The maximum absolute atomic E-state index is 5.12. The molecule has 1 fully saturated rings. The highest BCUT2D eigenvalue weighted by molar-refractivity contribution is 6.02. The first-order chi connectivity index (χ1) is 19.0. The normalized spacial score (nSPS) is 18.1. The van der Waals surface area contributed by atoms with E-state index in [1.807, 2.05) is 65.6 Å². The second-order valence-corrected chi connectivity index (χ2v) is 10.8. The molecule has 1 saturated heterocycles. The Hall–Kier alpha value is -4.63. The molecule has 6 heterocycles. The molecule has 3 N–H and O–H groups in total. The molecule has 0 aromatic carbocycles. The molecule has 5 aromatic heterocycles. The Bertz CT molecular complexity index is 1730. The fourth-order valence-corrected chi connectivity index (χ4v) is 5.28. The fourth-order valence-electron chi connectivity index (χ4n) is 5.28. The zero-order valence-corrected chi connectivity index (χ0v) is 21.9. The van der Waals surface area contributed by atoms with E-state index in [2.05, 4.69) is 57.0 Å². The van der Waals surface area contributed by atoms with Crippen LogP contribution >= 0.6 is 0 Å². The number of rotatable bonds is 6. The molecule has 5 aromatic rings. The van der Waals surface area contributed by atoms with Gasteiger partial charge in [-0.25, -0.2) is 19.5 Å². The third kappa shape index (κ3) is 4.40. The van der Waals surface area contributed by atoms with E-state index in [1.54, 1.807) is 6.20 Å². The molecule has 0 unspecified atom stereocenters. The summed E-state index contributed by atoms with van der Waals surface area (Å²) in [6.07, 6.45) is 14.7. The third-order valence-electron chi connectivity index (χ3n) is 7.56. The van der Waals surface area contributed by atoms with Gasteiger partial charge in [-0.3, -0.25) is 4.98 Å². The largest absolute Gasteiger partial charge is 0.366 e. The molecule has 9 heteroatoms. The van der Waals surface area contributed by atoms with E-state index in [4.69, 9.17) is 9.97 Å². The molecule has 1 aliphatic heterocycles. The maximum atomic E-state index is 5.12. The van der Waals surface area contributed by atoms with E-state index in [9.17, 15) is 0 Å². The van der Waals surface area contributed by atoms with Crippen LogP contribution in [0.5, 0.6) is 0 Å². The number of fused-ring (bicyclic) bond motifs is 2. The quantitative estimate of drug-likeness (QED) is 0.282. The minimum absolute atomic E-state index is 0.0698. The van der Waals surface area contributed by atoms with Crippen LogP contribution in [0.3, 0.4) is 0 Å². The maximum Gasteiger partial charge on any atom is 0.162 e. The van der Waals surface area contributed by atoms with Gasteiger partial charge in [0.25, 0.3) is 0 Å². The van der Waals surface area contributed by atoms with Gasteiger partial charge in [0, 0.05) is 48.4 Å². The second-order valence-electron chi connectivity index (χ2n) is 10.8. The van der Waals surface area contributed by atoms with E-state index in [-0.39, 0.29) is 11.5 Å². The van der Waals surface area contributed by atoms with Gasteiger partial charge in [-0.2, -0.15) is 5.10 Å². The number of hydrogen-bond acceptors (Lipinski definition) is 8. The van der Waals surface area contributed by atoms with E-state index < -0.39 is 0 Å². The van der Waals surface area contributed by atoms with Crippen molar-refractivity contribution in [1.29, 1.82) is 0 Å². The topological polar surface area (TPSA) is 105 Å². The van der Waals surface area contributed by atoms with Gasteiger partial charge in [-0.05, 0) is 48.2 Å². The number of aromatic nitrogens is 6. The molecule has 194 valence electrons. The highest BCUT2D eigenvalue weighted by Gasteiger charge is 2.33. The van der Waals surface area contributed by atoms with Crippen LogP contribution in [-0.4, -0.2) is 48.7 Å². The lowest BCUT2D eigenvalue weighted by Crippen LogP contribution is -2.49. The van der Waals surface area contributed by atoms with Crippen LogP contribution in [0.15, 0.2) is 79.4 Å². The van der Waals surface area contributed by atoms with Gasteiger partial charge in [0.1, 0.15) is 11.6 Å². The summed E-state index contributed by atoms with van der Waals surface area (Å²) < 4.78 is 1.83. The van der Waals surface area contributed by atoms with Crippen molar-refractivity contribution in [1.82, 2.24) is 34.9 Å². The molecule has 2 aliphatic rings. The standard InChI is InChI=1S/C30H29N9/c1-30(2)18-31-11-10-24(30)35-29-27-22(19-6-5-7-19)16-32-17-23(27)34-28(37-29)20-9-12-33-25(14-20)36-26-15-21-8-3-4-13-39(21)38-26/h3-9,12-17,24,31H,10-11,18H2,1-2H3,(H,33,36,38)(H,34,35,37)/t24-/m1/s1. The van der Waals surface area contributed by atoms with Crippen LogP contribution in [0.1, 0.15) is 25.8 Å². The Balaban J connectivity index is 1.29. The minimum Gasteiger partial charge on any atom is -0.366 e. The van der Waals surface area contributed by atoms with Crippen LogP contribution in [0.2, 0.25) is 0 Å². The monoisotopic (exact) mass is 515 g/mol. The van der Waals surface area contributed by atoms with Gasteiger partial charge < -0.3 is 16.0 Å². The minimum atomic E-state index is 0.0698. The van der Waals surface area contributed by atoms with Crippen LogP contribution in [0, 0.1) is 5.41 Å². The molecule has 1 atom stereocenters. The second kappa shape index (κ2) is 9.28. The molecule has 0 spiro atoms. The van der Waals surface area contributed by atoms with Crippen LogP contribution < -0.4 is 16.0 Å². The third-order valence-corrected chi connectivity index (χ3v) is 7.56. The number of allylic oxidation sites excluding steroid dienone is 4. The summed E-state index contributed by atoms with van der Waals surface area (Å²) in [5.74, 6) is 2.84. The number of nitrogens with zero attached hydrogens (tertiary/aromatic N) is 6. The van der Waals surface area contributed by atoms with Crippen molar-refractivity contribution in [3.63, 3.8) is 0 Å². The Kier molecular flexibility index (Phi) is 5.59. The summed E-state index contributed by atoms with van der Waals surface area (Å²) in [6.45, 7) is 6.51. The molecular weight excluding hydrogens is 486 g/mol. The van der Waals surface area contributed by atoms with Crippen LogP contribution in [-0.2, 0) is 0 Å².